The largest absolute Gasteiger partial charge is 0.240 e. The summed E-state index contributed by atoms with van der Waals surface area (Å²) in [5.41, 5.74) is 1.54. The molecule has 1 atom stereocenters. The molecule has 0 aliphatic carbocycles. The second-order valence-corrected chi connectivity index (χ2v) is 5.09. The van der Waals surface area contributed by atoms with Gasteiger partial charge in [0.1, 0.15) is 0 Å². The Morgan fingerprint density at radius 3 is 3.36 bits per heavy atom. The summed E-state index contributed by atoms with van der Waals surface area (Å²) in [7, 11) is 0. The Balaban J connectivity index is 2.38. The second-order valence-electron chi connectivity index (χ2n) is 2.85. The minimum absolute atomic E-state index is 0.616. The number of nitrogens with zero attached hydrogens (tertiary/aromatic N) is 1. The van der Waals surface area contributed by atoms with E-state index >= 15 is 0 Å². The molecule has 1 aliphatic rings. The molecule has 1 aromatic rings. The van der Waals surface area contributed by atoms with Crippen molar-refractivity contribution in [1.29, 1.82) is 0 Å². The highest BCUT2D eigenvalue weighted by atomic mass is 127. The first-order valence-electron chi connectivity index (χ1n) is 3.77. The topological polar surface area (TPSA) is 3.24 Å². The van der Waals surface area contributed by atoms with Crippen LogP contribution in [0.3, 0.4) is 0 Å². The first-order chi connectivity index (χ1) is 5.29. The molecule has 0 saturated heterocycles. The molecule has 0 unspecified atom stereocenters. The third-order valence-corrected chi connectivity index (χ3v) is 4.52. The van der Waals surface area contributed by atoms with Crippen molar-refractivity contribution in [2.45, 2.75) is 19.4 Å². The maximum Gasteiger partial charge on any atom is 0.0426 e. The summed E-state index contributed by atoms with van der Waals surface area (Å²) >= 11 is 4.32. The third-order valence-electron chi connectivity index (χ3n) is 2.20. The minimum atomic E-state index is 0.616. The molecule has 0 saturated carbocycles. The molecular formula is C8H10INS. The number of rotatable bonds is 0. The van der Waals surface area contributed by atoms with E-state index < -0.39 is 0 Å². The lowest BCUT2D eigenvalue weighted by molar-refractivity contribution is 0.398. The molecular weight excluding hydrogens is 269 g/mol. The fraction of sp³-hybridized carbons (Fsp3) is 0.500. The Morgan fingerprint density at radius 1 is 1.73 bits per heavy atom. The Hall–Kier alpha value is 0.390. The molecule has 1 aliphatic heterocycles. The summed E-state index contributed by atoms with van der Waals surface area (Å²) in [6, 6.07) is 2.88. The highest BCUT2D eigenvalue weighted by molar-refractivity contribution is 14.1. The van der Waals surface area contributed by atoms with Crippen LogP contribution in [0.25, 0.3) is 0 Å². The summed E-state index contributed by atoms with van der Waals surface area (Å²) in [5, 5.41) is 2.21. The van der Waals surface area contributed by atoms with Gasteiger partial charge in [-0.05, 0) is 30.4 Å². The van der Waals surface area contributed by atoms with Gasteiger partial charge in [0, 0.05) is 40.3 Å². The van der Waals surface area contributed by atoms with E-state index in [0.717, 1.165) is 0 Å². The molecule has 60 valence electrons. The van der Waals surface area contributed by atoms with E-state index in [4.69, 9.17) is 0 Å². The van der Waals surface area contributed by atoms with Gasteiger partial charge in [0.05, 0.1) is 0 Å². The molecule has 1 aromatic heterocycles. The van der Waals surface area contributed by atoms with E-state index in [9.17, 15) is 0 Å². The van der Waals surface area contributed by atoms with Gasteiger partial charge in [-0.15, -0.1) is 11.3 Å². The zero-order valence-corrected chi connectivity index (χ0v) is 9.35. The van der Waals surface area contributed by atoms with Crippen LogP contribution in [0.1, 0.15) is 23.4 Å². The van der Waals surface area contributed by atoms with E-state index in [1.807, 2.05) is 11.3 Å². The molecule has 3 heteroatoms. The molecule has 0 bridgehead atoms. The van der Waals surface area contributed by atoms with Crippen molar-refractivity contribution < 1.29 is 0 Å². The standard InChI is InChI=1S/C8H10INS/c1-6-7-3-5-11-8(7)2-4-10(6)9/h3,5-6H,2,4H2,1H3/t6-/m0/s1. The summed E-state index contributed by atoms with van der Waals surface area (Å²) in [6.07, 6.45) is 1.24. The van der Waals surface area contributed by atoms with E-state index in [-0.39, 0.29) is 0 Å². The van der Waals surface area contributed by atoms with Crippen LogP contribution in [0.4, 0.5) is 0 Å². The van der Waals surface area contributed by atoms with E-state index in [0.29, 0.717) is 6.04 Å². The maximum atomic E-state index is 2.42. The predicted molar refractivity (Wildman–Crippen MR) is 57.2 cm³/mol. The van der Waals surface area contributed by atoms with Crippen molar-refractivity contribution in [3.63, 3.8) is 0 Å². The number of halogens is 1. The van der Waals surface area contributed by atoms with Gasteiger partial charge in [-0.1, -0.05) is 0 Å². The average Bonchev–Trinajstić information content (AvgIpc) is 2.45. The van der Waals surface area contributed by atoms with Crippen LogP contribution in [-0.4, -0.2) is 9.66 Å². The first kappa shape index (κ1) is 8.01. The lowest BCUT2D eigenvalue weighted by Crippen LogP contribution is -2.24. The predicted octanol–water partition coefficient (Wildman–Crippen LogP) is 3.02. The summed E-state index contributed by atoms with van der Waals surface area (Å²) in [4.78, 5) is 1.59. The molecule has 1 nitrogen and oxygen atoms in total. The SMILES string of the molecule is C[C@H]1c2ccsc2CCN1I. The van der Waals surface area contributed by atoms with Crippen LogP contribution in [0, 0.1) is 0 Å². The van der Waals surface area contributed by atoms with Crippen LogP contribution < -0.4 is 0 Å². The fourth-order valence-corrected chi connectivity index (χ4v) is 2.98. The van der Waals surface area contributed by atoms with E-state index in [1.165, 1.54) is 18.5 Å². The second kappa shape index (κ2) is 3.03. The monoisotopic (exact) mass is 279 g/mol. The molecule has 0 fully saturated rings. The van der Waals surface area contributed by atoms with Crippen LogP contribution in [0.15, 0.2) is 11.4 Å². The zero-order valence-electron chi connectivity index (χ0n) is 6.38. The van der Waals surface area contributed by atoms with Crippen molar-refractivity contribution in [2.75, 3.05) is 6.54 Å². The molecule has 0 amide bonds. The van der Waals surface area contributed by atoms with Gasteiger partial charge in [-0.3, -0.25) is 0 Å². The molecule has 0 spiro atoms. The fourth-order valence-electron chi connectivity index (χ4n) is 1.48. The van der Waals surface area contributed by atoms with Crippen LogP contribution in [0.2, 0.25) is 0 Å². The maximum absolute atomic E-state index is 2.42. The first-order valence-corrected chi connectivity index (χ1v) is 5.62. The summed E-state index contributed by atoms with van der Waals surface area (Å²) in [5.74, 6) is 0. The van der Waals surface area contributed by atoms with Crippen LogP contribution >= 0.6 is 34.2 Å². The Morgan fingerprint density at radius 2 is 2.55 bits per heavy atom. The third kappa shape index (κ3) is 1.34. The van der Waals surface area contributed by atoms with Gasteiger partial charge in [0.15, 0.2) is 0 Å². The van der Waals surface area contributed by atoms with Crippen LogP contribution in [-0.2, 0) is 6.42 Å². The molecule has 0 radical (unpaired) electrons. The molecule has 2 rings (SSSR count). The summed E-state index contributed by atoms with van der Waals surface area (Å²) in [6.45, 7) is 3.48. The quantitative estimate of drug-likeness (QED) is 0.521. The van der Waals surface area contributed by atoms with Crippen molar-refractivity contribution in [1.82, 2.24) is 3.11 Å². The minimum Gasteiger partial charge on any atom is -0.240 e. The van der Waals surface area contributed by atoms with Crippen molar-refractivity contribution in [3.8, 4) is 0 Å². The average molecular weight is 279 g/mol. The smallest absolute Gasteiger partial charge is 0.0426 e. The lowest BCUT2D eigenvalue weighted by atomic mass is 10.0. The van der Waals surface area contributed by atoms with Gasteiger partial charge in [0.25, 0.3) is 0 Å². The highest BCUT2D eigenvalue weighted by Gasteiger charge is 2.22. The van der Waals surface area contributed by atoms with Gasteiger partial charge >= 0.3 is 0 Å². The van der Waals surface area contributed by atoms with Gasteiger partial charge in [0.2, 0.25) is 0 Å². The van der Waals surface area contributed by atoms with E-state index in [2.05, 4.69) is 44.3 Å². The van der Waals surface area contributed by atoms with Gasteiger partial charge < -0.3 is 0 Å². The molecule has 0 aromatic carbocycles. The van der Waals surface area contributed by atoms with Crippen molar-refractivity contribution in [3.05, 3.63) is 21.9 Å². The Bertz CT molecular complexity index is 258. The molecule has 2 heterocycles. The number of thiophene rings is 1. The lowest BCUT2D eigenvalue weighted by Gasteiger charge is -2.27. The zero-order chi connectivity index (χ0) is 7.84. The molecule has 0 N–H and O–H groups in total. The van der Waals surface area contributed by atoms with Crippen LogP contribution in [0.5, 0.6) is 0 Å². The number of hydrogen-bond donors (Lipinski definition) is 0. The number of hydrogen-bond acceptors (Lipinski definition) is 2. The van der Waals surface area contributed by atoms with Crippen molar-refractivity contribution >= 4 is 34.2 Å². The van der Waals surface area contributed by atoms with E-state index in [1.54, 1.807) is 4.88 Å². The highest BCUT2D eigenvalue weighted by Crippen LogP contribution is 2.34. The molecule has 11 heavy (non-hydrogen) atoms. The Labute approximate surface area is 84.9 Å². The van der Waals surface area contributed by atoms with Gasteiger partial charge in [-0.2, -0.15) is 0 Å². The van der Waals surface area contributed by atoms with Crippen molar-refractivity contribution in [2.24, 2.45) is 0 Å². The van der Waals surface area contributed by atoms with Gasteiger partial charge in [-0.25, -0.2) is 3.11 Å². The number of fused-ring (bicyclic) bond motifs is 1. The Kier molecular flexibility index (Phi) is 2.21. The normalized spacial score (nSPS) is 25.1. The summed E-state index contributed by atoms with van der Waals surface area (Å²) < 4.78 is 2.38.